The molecular formula is C26H20F3NO5. The molecule has 180 valence electrons. The summed E-state index contributed by atoms with van der Waals surface area (Å²) in [6, 6.07) is 15.6. The molecule has 3 aromatic carbocycles. The molecular weight excluding hydrogens is 463 g/mol. The summed E-state index contributed by atoms with van der Waals surface area (Å²) >= 11 is 0. The summed E-state index contributed by atoms with van der Waals surface area (Å²) in [5.74, 6) is -1.98. The Kier molecular flexibility index (Phi) is 6.26. The molecule has 1 unspecified atom stereocenters. The molecule has 1 aliphatic rings. The van der Waals surface area contributed by atoms with Gasteiger partial charge < -0.3 is 14.6 Å². The first-order valence-electron chi connectivity index (χ1n) is 10.4. The minimum atomic E-state index is -4.66. The fourth-order valence-corrected chi connectivity index (χ4v) is 4.04. The van der Waals surface area contributed by atoms with Crippen molar-refractivity contribution in [2.24, 2.45) is 0 Å². The summed E-state index contributed by atoms with van der Waals surface area (Å²) in [6.07, 6.45) is -4.66. The van der Waals surface area contributed by atoms with Crippen LogP contribution in [0.2, 0.25) is 0 Å². The maximum atomic E-state index is 13.4. The minimum absolute atomic E-state index is 0.145. The van der Waals surface area contributed by atoms with Crippen molar-refractivity contribution in [2.45, 2.75) is 12.2 Å². The number of rotatable bonds is 5. The highest BCUT2D eigenvalue weighted by molar-refractivity contribution is 6.51. The lowest BCUT2D eigenvalue weighted by Crippen LogP contribution is -2.29. The molecule has 1 heterocycles. The van der Waals surface area contributed by atoms with Crippen LogP contribution in [0.15, 0.2) is 78.4 Å². The van der Waals surface area contributed by atoms with Crippen LogP contribution in [0.25, 0.3) is 5.76 Å². The van der Waals surface area contributed by atoms with Crippen molar-refractivity contribution in [2.75, 3.05) is 19.1 Å². The Morgan fingerprint density at radius 1 is 0.914 bits per heavy atom. The summed E-state index contributed by atoms with van der Waals surface area (Å²) in [6.45, 7) is 0. The zero-order valence-electron chi connectivity index (χ0n) is 18.7. The van der Waals surface area contributed by atoms with Crippen molar-refractivity contribution in [1.29, 1.82) is 0 Å². The first kappa shape index (κ1) is 23.9. The molecule has 3 aromatic rings. The highest BCUT2D eigenvalue weighted by Crippen LogP contribution is 2.44. The molecule has 35 heavy (non-hydrogen) atoms. The van der Waals surface area contributed by atoms with E-state index in [1.165, 1.54) is 26.4 Å². The minimum Gasteiger partial charge on any atom is -0.507 e. The normalized spacial score (nSPS) is 17.5. The number of Topliss-reactive ketones (excluding diaryl/α,β-unsaturated/α-hetero) is 1. The number of hydrogen-bond donors (Lipinski definition) is 1. The van der Waals surface area contributed by atoms with Crippen LogP contribution in [0.5, 0.6) is 11.5 Å². The number of halogens is 3. The molecule has 0 radical (unpaired) electrons. The predicted octanol–water partition coefficient (Wildman–Crippen LogP) is 5.35. The summed E-state index contributed by atoms with van der Waals surface area (Å²) < 4.78 is 50.8. The van der Waals surface area contributed by atoms with Crippen molar-refractivity contribution < 1.29 is 37.3 Å². The van der Waals surface area contributed by atoms with Gasteiger partial charge in [-0.3, -0.25) is 14.5 Å². The van der Waals surface area contributed by atoms with Gasteiger partial charge in [0.15, 0.2) is 0 Å². The molecule has 4 rings (SSSR count). The number of benzene rings is 3. The number of hydrogen-bond acceptors (Lipinski definition) is 5. The molecule has 0 bridgehead atoms. The van der Waals surface area contributed by atoms with Crippen LogP contribution in [0.1, 0.15) is 22.7 Å². The van der Waals surface area contributed by atoms with Gasteiger partial charge >= 0.3 is 6.18 Å². The van der Waals surface area contributed by atoms with Gasteiger partial charge in [-0.25, -0.2) is 0 Å². The lowest BCUT2D eigenvalue weighted by molar-refractivity contribution is -0.137. The van der Waals surface area contributed by atoms with E-state index in [0.29, 0.717) is 11.3 Å². The van der Waals surface area contributed by atoms with E-state index in [-0.39, 0.29) is 22.6 Å². The maximum Gasteiger partial charge on any atom is 0.416 e. The van der Waals surface area contributed by atoms with E-state index in [4.69, 9.17) is 9.47 Å². The number of aliphatic hydroxyl groups excluding tert-OH is 1. The number of carbonyl (C=O) groups excluding carboxylic acids is 2. The first-order chi connectivity index (χ1) is 16.7. The number of alkyl halides is 3. The van der Waals surface area contributed by atoms with E-state index >= 15 is 0 Å². The fraction of sp³-hybridized carbons (Fsp3) is 0.154. The van der Waals surface area contributed by atoms with Crippen molar-refractivity contribution >= 4 is 23.1 Å². The van der Waals surface area contributed by atoms with Crippen molar-refractivity contribution in [3.8, 4) is 11.5 Å². The predicted molar refractivity (Wildman–Crippen MR) is 122 cm³/mol. The Hall–Kier alpha value is -4.27. The topological polar surface area (TPSA) is 76.1 Å². The van der Waals surface area contributed by atoms with E-state index in [9.17, 15) is 27.9 Å². The molecule has 1 amide bonds. The lowest BCUT2D eigenvalue weighted by Gasteiger charge is -2.26. The van der Waals surface area contributed by atoms with Gasteiger partial charge in [-0.1, -0.05) is 30.3 Å². The Morgan fingerprint density at radius 2 is 1.63 bits per heavy atom. The monoisotopic (exact) mass is 483 g/mol. The molecule has 0 saturated carbocycles. The number of nitrogens with zero attached hydrogens (tertiary/aromatic N) is 1. The Bertz CT molecular complexity index is 1330. The Balaban J connectivity index is 1.99. The number of ether oxygens (including phenoxy) is 2. The van der Waals surface area contributed by atoms with Gasteiger partial charge in [-0.2, -0.15) is 13.2 Å². The van der Waals surface area contributed by atoms with Gasteiger partial charge in [-0.05, 0) is 48.0 Å². The lowest BCUT2D eigenvalue weighted by atomic mass is 9.94. The van der Waals surface area contributed by atoms with Crippen LogP contribution < -0.4 is 14.4 Å². The molecule has 6 nitrogen and oxygen atoms in total. The van der Waals surface area contributed by atoms with Crippen LogP contribution in [0.3, 0.4) is 0 Å². The van der Waals surface area contributed by atoms with Gasteiger partial charge in [0.1, 0.15) is 17.3 Å². The molecule has 1 saturated heterocycles. The summed E-state index contributed by atoms with van der Waals surface area (Å²) in [5, 5.41) is 11.2. The second-order valence-electron chi connectivity index (χ2n) is 7.69. The number of anilines is 1. The third-order valence-electron chi connectivity index (χ3n) is 5.67. The summed E-state index contributed by atoms with van der Waals surface area (Å²) in [7, 11) is 2.81. The van der Waals surface area contributed by atoms with Gasteiger partial charge in [0.05, 0.1) is 37.0 Å². The Labute approximate surface area is 198 Å². The van der Waals surface area contributed by atoms with E-state index in [1.807, 2.05) is 0 Å². The van der Waals surface area contributed by atoms with Gasteiger partial charge in [0, 0.05) is 5.69 Å². The molecule has 1 atom stereocenters. The van der Waals surface area contributed by atoms with Crippen molar-refractivity contribution in [1.82, 2.24) is 0 Å². The van der Waals surface area contributed by atoms with E-state index in [1.54, 1.807) is 42.5 Å². The number of methoxy groups -OCH3 is 2. The standard InChI is InChI=1S/C26H20F3NO5/c1-34-18-10-5-7-15(13-18)22-21(23(31)19-11-3-4-12-20(19)35-2)24(32)25(33)30(22)17-9-6-8-16(14-17)26(27,28)29/h3-14,22,31H,1-2H3/b23-21+. The van der Waals surface area contributed by atoms with Gasteiger partial charge in [-0.15, -0.1) is 0 Å². The molecule has 1 aliphatic heterocycles. The van der Waals surface area contributed by atoms with Crippen molar-refractivity contribution in [3.63, 3.8) is 0 Å². The summed E-state index contributed by atoms with van der Waals surface area (Å²) in [4.78, 5) is 27.4. The highest BCUT2D eigenvalue weighted by Gasteiger charge is 2.47. The fourth-order valence-electron chi connectivity index (χ4n) is 4.04. The third kappa shape index (κ3) is 4.32. The van der Waals surface area contributed by atoms with Crippen LogP contribution in [-0.2, 0) is 15.8 Å². The highest BCUT2D eigenvalue weighted by atomic mass is 19.4. The first-order valence-corrected chi connectivity index (χ1v) is 10.4. The van der Waals surface area contributed by atoms with Crippen LogP contribution in [0.4, 0.5) is 18.9 Å². The second-order valence-corrected chi connectivity index (χ2v) is 7.69. The number of carbonyl (C=O) groups is 2. The average Bonchev–Trinajstić information content (AvgIpc) is 3.13. The van der Waals surface area contributed by atoms with E-state index in [0.717, 1.165) is 23.1 Å². The smallest absolute Gasteiger partial charge is 0.416 e. The number of ketones is 1. The SMILES string of the molecule is COc1cccc(C2/C(=C(\O)c3ccccc3OC)C(=O)C(=O)N2c2cccc(C(F)(F)F)c2)c1. The average molecular weight is 483 g/mol. The zero-order chi connectivity index (χ0) is 25.3. The van der Waals surface area contributed by atoms with Crippen LogP contribution in [-0.4, -0.2) is 31.0 Å². The zero-order valence-corrected chi connectivity index (χ0v) is 18.7. The molecule has 1 N–H and O–H groups in total. The number of amides is 1. The van der Waals surface area contributed by atoms with E-state index in [2.05, 4.69) is 0 Å². The molecule has 0 spiro atoms. The third-order valence-corrected chi connectivity index (χ3v) is 5.67. The quantitative estimate of drug-likeness (QED) is 0.301. The number of para-hydroxylation sites is 1. The number of aliphatic hydroxyl groups is 1. The maximum absolute atomic E-state index is 13.4. The molecule has 0 aliphatic carbocycles. The van der Waals surface area contributed by atoms with Crippen molar-refractivity contribution in [3.05, 3.63) is 95.1 Å². The van der Waals surface area contributed by atoms with Crippen LogP contribution >= 0.6 is 0 Å². The summed E-state index contributed by atoms with van der Waals surface area (Å²) in [5.41, 5.74) is -0.896. The molecule has 1 fully saturated rings. The van der Waals surface area contributed by atoms with Gasteiger partial charge in [0.25, 0.3) is 11.7 Å². The largest absolute Gasteiger partial charge is 0.507 e. The van der Waals surface area contributed by atoms with E-state index < -0.39 is 35.2 Å². The van der Waals surface area contributed by atoms with Crippen LogP contribution in [0, 0.1) is 0 Å². The van der Waals surface area contributed by atoms with Gasteiger partial charge in [0.2, 0.25) is 0 Å². The Morgan fingerprint density at radius 3 is 2.31 bits per heavy atom. The molecule has 9 heteroatoms. The molecule has 0 aromatic heterocycles. The second kappa shape index (κ2) is 9.17.